The lowest BCUT2D eigenvalue weighted by molar-refractivity contribution is -0.919. The molecule has 0 aromatic heterocycles. The second kappa shape index (κ2) is 7.31. The number of halogens is 2. The molecule has 0 spiro atoms. The molecule has 1 rings (SSSR count). The van der Waals surface area contributed by atoms with Crippen LogP contribution in [0.1, 0.15) is 19.4 Å². The fourth-order valence-electron chi connectivity index (χ4n) is 2.00. The van der Waals surface area contributed by atoms with E-state index in [4.69, 9.17) is 23.2 Å². The van der Waals surface area contributed by atoms with Crippen molar-refractivity contribution in [3.63, 3.8) is 0 Å². The molecule has 0 heterocycles. The molecule has 0 aliphatic carbocycles. The molecule has 0 saturated heterocycles. The fourth-order valence-corrected chi connectivity index (χ4v) is 2.32. The maximum absolute atomic E-state index is 9.46. The van der Waals surface area contributed by atoms with Crippen LogP contribution in [0, 0.1) is 0 Å². The van der Waals surface area contributed by atoms with Crippen molar-refractivity contribution in [1.29, 1.82) is 0 Å². The summed E-state index contributed by atoms with van der Waals surface area (Å²) in [7, 11) is 0. The van der Waals surface area contributed by atoms with Gasteiger partial charge in [-0.2, -0.15) is 0 Å². The number of benzene rings is 1. The molecule has 5 heteroatoms. The Labute approximate surface area is 118 Å². The highest BCUT2D eigenvalue weighted by Crippen LogP contribution is 2.22. The highest BCUT2D eigenvalue weighted by Gasteiger charge is 2.15. The zero-order chi connectivity index (χ0) is 13.7. The van der Waals surface area contributed by atoms with E-state index in [2.05, 4.69) is 0 Å². The van der Waals surface area contributed by atoms with Crippen molar-refractivity contribution in [2.24, 2.45) is 0 Å². The number of aliphatic hydroxyl groups is 2. The van der Waals surface area contributed by atoms with Gasteiger partial charge in [-0.1, -0.05) is 29.3 Å². The Morgan fingerprint density at radius 2 is 1.61 bits per heavy atom. The summed E-state index contributed by atoms with van der Waals surface area (Å²) in [4.78, 5) is 1.11. The summed E-state index contributed by atoms with van der Waals surface area (Å²) in [5, 5.41) is 20.0. The summed E-state index contributed by atoms with van der Waals surface area (Å²) in [5.74, 6) is 0. The summed E-state index contributed by atoms with van der Waals surface area (Å²) in [6.45, 7) is 5.37. The second-order valence-electron chi connectivity index (χ2n) is 4.78. The van der Waals surface area contributed by atoms with Gasteiger partial charge in [0.05, 0.1) is 10.0 Å². The van der Waals surface area contributed by atoms with E-state index in [1.165, 1.54) is 0 Å². The summed E-state index contributed by atoms with van der Waals surface area (Å²) in [6, 6.07) is 5.51. The summed E-state index contributed by atoms with van der Waals surface area (Å²) in [6.07, 6.45) is -0.803. The number of nitrogens with one attached hydrogen (secondary N) is 1. The molecule has 1 aromatic rings. The number of hydrogen-bond donors (Lipinski definition) is 3. The molecule has 18 heavy (non-hydrogen) atoms. The van der Waals surface area contributed by atoms with Crippen LogP contribution in [-0.4, -0.2) is 35.5 Å². The molecule has 2 atom stereocenters. The topological polar surface area (TPSA) is 44.9 Å². The van der Waals surface area contributed by atoms with Crippen LogP contribution in [0.2, 0.25) is 10.0 Å². The van der Waals surface area contributed by atoms with Crippen molar-refractivity contribution in [1.82, 2.24) is 0 Å². The Morgan fingerprint density at radius 1 is 1.06 bits per heavy atom. The monoisotopic (exact) mass is 292 g/mol. The van der Waals surface area contributed by atoms with E-state index in [0.29, 0.717) is 29.7 Å². The summed E-state index contributed by atoms with van der Waals surface area (Å²) in [5.41, 5.74) is 1.04. The smallest absolute Gasteiger partial charge is 0.103 e. The molecular formula is C13H20Cl2NO2+. The molecular weight excluding hydrogens is 273 g/mol. The molecule has 3 nitrogen and oxygen atoms in total. The Kier molecular flexibility index (Phi) is 6.39. The minimum Gasteiger partial charge on any atom is -0.388 e. The van der Waals surface area contributed by atoms with Crippen LogP contribution >= 0.6 is 23.2 Å². The summed E-state index contributed by atoms with van der Waals surface area (Å²) >= 11 is 11.8. The van der Waals surface area contributed by atoms with E-state index in [9.17, 15) is 10.2 Å². The van der Waals surface area contributed by atoms with Gasteiger partial charge in [0.1, 0.15) is 31.8 Å². The Balaban J connectivity index is 2.71. The van der Waals surface area contributed by atoms with Gasteiger partial charge in [-0.15, -0.1) is 0 Å². The predicted octanol–water partition coefficient (Wildman–Crippen LogP) is 1.14. The van der Waals surface area contributed by atoms with E-state index in [-0.39, 0.29) is 0 Å². The maximum atomic E-state index is 9.46. The van der Waals surface area contributed by atoms with Crippen LogP contribution in [0.4, 0.5) is 0 Å². The van der Waals surface area contributed by atoms with Gasteiger partial charge < -0.3 is 15.1 Å². The molecule has 0 unspecified atom stereocenters. The Morgan fingerprint density at radius 3 is 2.06 bits per heavy atom. The van der Waals surface area contributed by atoms with E-state index in [0.717, 1.165) is 10.5 Å². The SMILES string of the molecule is C[C@@H](O)C[NH+](Cc1ccc(Cl)c(Cl)c1)C[C@@H](C)O. The van der Waals surface area contributed by atoms with E-state index < -0.39 is 12.2 Å². The molecule has 102 valence electrons. The van der Waals surface area contributed by atoms with Crippen LogP contribution in [-0.2, 0) is 6.54 Å². The first kappa shape index (κ1) is 15.7. The van der Waals surface area contributed by atoms with E-state index >= 15 is 0 Å². The van der Waals surface area contributed by atoms with Crippen LogP contribution in [0.15, 0.2) is 18.2 Å². The standard InChI is InChI=1S/C13H19Cl2NO2/c1-9(17)6-16(7-10(2)18)8-11-3-4-12(14)13(15)5-11/h3-5,9-10,17-18H,6-8H2,1-2H3/p+1/t9-,10-/m1/s1. The third kappa shape index (κ3) is 5.55. The van der Waals surface area contributed by atoms with Crippen LogP contribution in [0.3, 0.4) is 0 Å². The van der Waals surface area contributed by atoms with Gasteiger partial charge in [-0.25, -0.2) is 0 Å². The lowest BCUT2D eigenvalue weighted by Gasteiger charge is -2.22. The maximum Gasteiger partial charge on any atom is 0.103 e. The van der Waals surface area contributed by atoms with Crippen molar-refractivity contribution < 1.29 is 15.1 Å². The lowest BCUT2D eigenvalue weighted by atomic mass is 10.2. The number of rotatable bonds is 6. The second-order valence-corrected chi connectivity index (χ2v) is 5.60. The third-order valence-electron chi connectivity index (χ3n) is 2.61. The average Bonchev–Trinajstić information content (AvgIpc) is 2.21. The quantitative estimate of drug-likeness (QED) is 0.736. The lowest BCUT2D eigenvalue weighted by Crippen LogP contribution is -3.12. The van der Waals surface area contributed by atoms with Crippen LogP contribution in [0.25, 0.3) is 0 Å². The zero-order valence-electron chi connectivity index (χ0n) is 10.7. The molecule has 3 N–H and O–H groups in total. The highest BCUT2D eigenvalue weighted by molar-refractivity contribution is 6.41. The molecule has 0 amide bonds. The van der Waals surface area contributed by atoms with Crippen LogP contribution < -0.4 is 4.90 Å². The molecule has 0 aliphatic heterocycles. The van der Waals surface area contributed by atoms with Gasteiger partial charge in [-0.05, 0) is 26.0 Å². The van der Waals surface area contributed by atoms with Crippen molar-refractivity contribution in [2.45, 2.75) is 32.6 Å². The minimum atomic E-state index is -0.401. The van der Waals surface area contributed by atoms with Gasteiger partial charge in [0.15, 0.2) is 0 Å². The highest BCUT2D eigenvalue weighted by atomic mass is 35.5. The first-order valence-electron chi connectivity index (χ1n) is 6.02. The fraction of sp³-hybridized carbons (Fsp3) is 0.538. The number of hydrogen-bond acceptors (Lipinski definition) is 2. The molecule has 0 bridgehead atoms. The minimum absolute atomic E-state index is 0.401. The van der Waals surface area contributed by atoms with Gasteiger partial charge >= 0.3 is 0 Å². The van der Waals surface area contributed by atoms with Crippen molar-refractivity contribution in [2.75, 3.05) is 13.1 Å². The van der Waals surface area contributed by atoms with E-state index in [1.807, 2.05) is 12.1 Å². The Bertz CT molecular complexity index is 373. The van der Waals surface area contributed by atoms with Gasteiger partial charge in [0, 0.05) is 5.56 Å². The van der Waals surface area contributed by atoms with Crippen molar-refractivity contribution >= 4 is 23.2 Å². The normalized spacial score (nSPS) is 14.8. The summed E-state index contributed by atoms with van der Waals surface area (Å²) < 4.78 is 0. The van der Waals surface area contributed by atoms with Gasteiger partial charge in [0.2, 0.25) is 0 Å². The van der Waals surface area contributed by atoms with Crippen molar-refractivity contribution in [3.05, 3.63) is 33.8 Å². The molecule has 0 fully saturated rings. The third-order valence-corrected chi connectivity index (χ3v) is 3.35. The molecule has 1 aromatic carbocycles. The van der Waals surface area contributed by atoms with Crippen LogP contribution in [0.5, 0.6) is 0 Å². The van der Waals surface area contributed by atoms with E-state index in [1.54, 1.807) is 19.9 Å². The first-order chi connectivity index (χ1) is 8.38. The predicted molar refractivity (Wildman–Crippen MR) is 74.2 cm³/mol. The largest absolute Gasteiger partial charge is 0.388 e. The van der Waals surface area contributed by atoms with Crippen molar-refractivity contribution in [3.8, 4) is 0 Å². The number of aliphatic hydroxyl groups excluding tert-OH is 2. The Hall–Kier alpha value is -0.320. The average molecular weight is 293 g/mol. The molecule has 0 aliphatic rings. The first-order valence-corrected chi connectivity index (χ1v) is 6.77. The molecule has 0 saturated carbocycles. The zero-order valence-corrected chi connectivity index (χ0v) is 12.2. The van der Waals surface area contributed by atoms with Gasteiger partial charge in [-0.3, -0.25) is 0 Å². The molecule has 0 radical (unpaired) electrons. The number of quaternary nitrogens is 1. The van der Waals surface area contributed by atoms with Gasteiger partial charge in [0.25, 0.3) is 0 Å².